The van der Waals surface area contributed by atoms with Gasteiger partial charge in [0.25, 0.3) is 11.5 Å². The van der Waals surface area contributed by atoms with Gasteiger partial charge in [-0.3, -0.25) is 9.59 Å². The van der Waals surface area contributed by atoms with Crippen LogP contribution in [0.15, 0.2) is 41.3 Å². The summed E-state index contributed by atoms with van der Waals surface area (Å²) in [5.74, 6) is -3.35. The molecule has 0 aliphatic heterocycles. The number of pyridine rings is 1. The van der Waals surface area contributed by atoms with Crippen LogP contribution in [0.25, 0.3) is 10.9 Å². The molecule has 0 saturated heterocycles. The van der Waals surface area contributed by atoms with Gasteiger partial charge in [-0.1, -0.05) is 12.1 Å². The molecule has 2 aromatic heterocycles. The predicted octanol–water partition coefficient (Wildman–Crippen LogP) is -7.39. The van der Waals surface area contributed by atoms with Gasteiger partial charge in [0.05, 0.1) is 22.9 Å². The van der Waals surface area contributed by atoms with Gasteiger partial charge in [0.1, 0.15) is 5.82 Å². The van der Waals surface area contributed by atoms with Crippen LogP contribution >= 0.6 is 0 Å². The van der Waals surface area contributed by atoms with Crippen molar-refractivity contribution in [1.29, 1.82) is 0 Å². The van der Waals surface area contributed by atoms with Crippen LogP contribution < -0.4 is 85.9 Å². The average molecular weight is 470 g/mol. The molecule has 1 aromatic carbocycles. The second-order valence-corrected chi connectivity index (χ2v) is 7.11. The Balaban J connectivity index is 0.00000272. The van der Waals surface area contributed by atoms with Crippen LogP contribution in [0.1, 0.15) is 34.3 Å². The third-order valence-corrected chi connectivity index (χ3v) is 4.90. The number of carboxylic acids is 2. The zero-order valence-electron chi connectivity index (χ0n) is 18.4. The number of fused-ring (bicyclic) bond motifs is 1. The maximum Gasteiger partial charge on any atom is 1.00 e. The zero-order valence-corrected chi connectivity index (χ0v) is 22.4. The average Bonchev–Trinajstić information content (AvgIpc) is 3.12. The van der Waals surface area contributed by atoms with E-state index in [-0.39, 0.29) is 82.5 Å². The van der Waals surface area contributed by atoms with Crippen LogP contribution in [-0.2, 0) is 22.4 Å². The van der Waals surface area contributed by atoms with Crippen LogP contribution in [0.4, 0.5) is 5.82 Å². The van der Waals surface area contributed by atoms with Crippen LogP contribution in [0, 0.1) is 0 Å². The largest absolute Gasteiger partial charge is 1.00 e. The fourth-order valence-electron chi connectivity index (χ4n) is 3.30. The van der Waals surface area contributed by atoms with Gasteiger partial charge in [-0.15, -0.1) is 0 Å². The number of nitrogen functional groups attached to an aromatic ring is 1. The van der Waals surface area contributed by atoms with Crippen molar-refractivity contribution in [3.05, 3.63) is 63.6 Å². The molecule has 1 amide bonds. The predicted molar refractivity (Wildman–Crippen MR) is 108 cm³/mol. The molecule has 1 atom stereocenters. The second-order valence-electron chi connectivity index (χ2n) is 7.11. The molecule has 3 rings (SSSR count). The number of aliphatic carboxylic acids is 2. The molecule has 0 radical (unpaired) electrons. The van der Waals surface area contributed by atoms with E-state index in [4.69, 9.17) is 5.73 Å². The normalized spacial score (nSPS) is 11.2. The molecule has 5 N–H and O–H groups in total. The van der Waals surface area contributed by atoms with Crippen molar-refractivity contribution in [2.75, 3.05) is 5.73 Å². The van der Waals surface area contributed by atoms with E-state index in [0.29, 0.717) is 23.7 Å². The molecule has 0 spiro atoms. The summed E-state index contributed by atoms with van der Waals surface area (Å²) in [7, 11) is 0. The minimum atomic E-state index is -1.57. The van der Waals surface area contributed by atoms with Crippen molar-refractivity contribution in [1.82, 2.24) is 15.3 Å². The number of aromatic amines is 2. The van der Waals surface area contributed by atoms with Crippen LogP contribution in [0.3, 0.4) is 0 Å². The van der Waals surface area contributed by atoms with Gasteiger partial charge >= 0.3 is 59.1 Å². The van der Waals surface area contributed by atoms with Gasteiger partial charge in [-0.25, -0.2) is 0 Å². The molecule has 0 aliphatic rings. The van der Waals surface area contributed by atoms with Gasteiger partial charge in [-0.2, -0.15) is 0 Å². The third kappa shape index (κ3) is 7.73. The van der Waals surface area contributed by atoms with Crippen molar-refractivity contribution in [3.8, 4) is 0 Å². The number of aryl methyl sites for hydroxylation is 2. The van der Waals surface area contributed by atoms with Gasteiger partial charge < -0.3 is 40.8 Å². The van der Waals surface area contributed by atoms with E-state index < -0.39 is 30.3 Å². The molecular formula is C21H20N4Na2O6. The number of nitrogens with one attached hydrogen (secondary N) is 3. The molecule has 0 bridgehead atoms. The summed E-state index contributed by atoms with van der Waals surface area (Å²) < 4.78 is 0. The number of carbonyl (C=O) groups excluding carboxylic acids is 3. The smallest absolute Gasteiger partial charge is 0.550 e. The van der Waals surface area contributed by atoms with E-state index in [0.717, 1.165) is 11.1 Å². The van der Waals surface area contributed by atoms with E-state index in [2.05, 4.69) is 15.3 Å². The van der Waals surface area contributed by atoms with Gasteiger partial charge in [0, 0.05) is 23.8 Å². The Hall–Kier alpha value is -2.08. The Bertz CT molecular complexity index is 1190. The number of anilines is 1. The standard InChI is InChI=1S/C21H22N4O6.2Na/c22-16-9-15-18(20(29)25-16)13(10-23-15)6-3-11-1-4-12(5-2-11)19(28)24-14(21(30)31)7-8-17(26)27;;/h1-2,4-5,9-10,14,23H,3,6-8H2,(H,24,28)(H,26,27)(H,30,31)(H3,22,25,29);;/q;2*+1/p-2/t14-;;/m0../s1. The zero-order chi connectivity index (χ0) is 22.5. The van der Waals surface area contributed by atoms with Crippen LogP contribution in [0.2, 0.25) is 0 Å². The van der Waals surface area contributed by atoms with E-state index in [1.807, 2.05) is 0 Å². The topological polar surface area (TPSA) is 184 Å². The number of H-pyrrole nitrogens is 2. The number of rotatable bonds is 9. The number of carboxylic acid groups (broad SMARTS) is 2. The fraction of sp³-hybridized carbons (Fsp3) is 0.238. The first-order valence-corrected chi connectivity index (χ1v) is 9.54. The number of benzene rings is 1. The molecule has 0 saturated carbocycles. The minimum absolute atomic E-state index is 0. The Morgan fingerprint density at radius 3 is 2.33 bits per heavy atom. The molecule has 162 valence electrons. The number of hydrogen-bond donors (Lipinski definition) is 4. The number of aromatic nitrogens is 2. The van der Waals surface area contributed by atoms with E-state index >= 15 is 0 Å². The number of carbonyl (C=O) groups is 3. The van der Waals surface area contributed by atoms with Gasteiger partial charge in [0.2, 0.25) is 0 Å². The Labute approximate surface area is 232 Å². The molecule has 0 unspecified atom stereocenters. The van der Waals surface area contributed by atoms with Crippen molar-refractivity contribution >= 4 is 34.6 Å². The number of hydrogen-bond acceptors (Lipinski definition) is 7. The summed E-state index contributed by atoms with van der Waals surface area (Å²) in [6.07, 6.45) is 2.10. The van der Waals surface area contributed by atoms with Crippen molar-refractivity contribution in [2.45, 2.75) is 31.7 Å². The number of nitrogens with two attached hydrogens (primary N) is 1. The minimum Gasteiger partial charge on any atom is -0.550 e. The molecule has 12 heteroatoms. The van der Waals surface area contributed by atoms with Crippen molar-refractivity contribution in [2.24, 2.45) is 0 Å². The fourth-order valence-corrected chi connectivity index (χ4v) is 3.30. The summed E-state index contributed by atoms with van der Waals surface area (Å²) in [6.45, 7) is 0. The number of amides is 1. The molecular weight excluding hydrogens is 450 g/mol. The Kier molecular flexibility index (Phi) is 11.4. The van der Waals surface area contributed by atoms with Crippen molar-refractivity contribution < 1.29 is 83.7 Å². The first-order chi connectivity index (χ1) is 14.7. The Morgan fingerprint density at radius 1 is 1.06 bits per heavy atom. The van der Waals surface area contributed by atoms with E-state index in [9.17, 15) is 29.4 Å². The van der Waals surface area contributed by atoms with Gasteiger partial charge in [-0.05, 0) is 48.9 Å². The summed E-state index contributed by atoms with van der Waals surface area (Å²) in [4.78, 5) is 51.6. The molecule has 0 aliphatic carbocycles. The molecule has 0 fully saturated rings. The van der Waals surface area contributed by atoms with Crippen LogP contribution in [0.5, 0.6) is 0 Å². The Morgan fingerprint density at radius 2 is 1.73 bits per heavy atom. The SMILES string of the molecule is Nc1cc2[nH]cc(CCc3ccc(C(=O)N[C@@H](CCC(=O)[O-])C(=O)[O-])cc3)c2c(=O)[nH]1.[Na+].[Na+]. The van der Waals surface area contributed by atoms with Crippen molar-refractivity contribution in [3.63, 3.8) is 0 Å². The second kappa shape index (κ2) is 13.0. The maximum atomic E-state index is 12.3. The van der Waals surface area contributed by atoms with E-state index in [1.165, 1.54) is 0 Å². The molecule has 33 heavy (non-hydrogen) atoms. The summed E-state index contributed by atoms with van der Waals surface area (Å²) in [6, 6.07) is 6.75. The van der Waals surface area contributed by atoms with Gasteiger partial charge in [0.15, 0.2) is 0 Å². The van der Waals surface area contributed by atoms with Crippen LogP contribution in [-0.4, -0.2) is 33.9 Å². The monoisotopic (exact) mass is 470 g/mol. The third-order valence-electron chi connectivity index (χ3n) is 4.90. The molecule has 3 aromatic rings. The first kappa shape index (κ1) is 29.0. The van der Waals surface area contributed by atoms with E-state index in [1.54, 1.807) is 36.5 Å². The quantitative estimate of drug-likeness (QED) is 0.224. The molecule has 2 heterocycles. The maximum absolute atomic E-state index is 12.3. The molecule has 10 nitrogen and oxygen atoms in total. The first-order valence-electron chi connectivity index (χ1n) is 9.54. The summed E-state index contributed by atoms with van der Waals surface area (Å²) in [5.41, 5.74) is 8.00. The summed E-state index contributed by atoms with van der Waals surface area (Å²) in [5, 5.41) is 24.4. The summed E-state index contributed by atoms with van der Waals surface area (Å²) >= 11 is 0.